The van der Waals surface area contributed by atoms with Gasteiger partial charge in [0.1, 0.15) is 5.75 Å². The quantitative estimate of drug-likeness (QED) is 0.489. The molecule has 0 spiro atoms. The van der Waals surface area contributed by atoms with E-state index >= 15 is 0 Å². The Morgan fingerprint density at radius 1 is 1.18 bits per heavy atom. The van der Waals surface area contributed by atoms with Crippen molar-refractivity contribution in [1.29, 1.82) is 0 Å². The van der Waals surface area contributed by atoms with Crippen LogP contribution in [0.25, 0.3) is 11.3 Å². The van der Waals surface area contributed by atoms with Crippen LogP contribution < -0.4 is 19.5 Å². The molecule has 0 unspecified atom stereocenters. The van der Waals surface area contributed by atoms with Gasteiger partial charge in [-0.1, -0.05) is 0 Å². The monoisotopic (exact) mass is 489 g/mol. The van der Waals surface area contributed by atoms with Gasteiger partial charge in [0.25, 0.3) is 0 Å². The summed E-state index contributed by atoms with van der Waals surface area (Å²) in [7, 11) is -0.621. The summed E-state index contributed by atoms with van der Waals surface area (Å²) in [6.45, 7) is 0.413. The Kier molecular flexibility index (Phi) is 6.82. The van der Waals surface area contributed by atoms with E-state index in [1.807, 2.05) is 23.6 Å². The predicted molar refractivity (Wildman–Crippen MR) is 124 cm³/mol. The van der Waals surface area contributed by atoms with Gasteiger partial charge >= 0.3 is 0 Å². The van der Waals surface area contributed by atoms with Crippen molar-refractivity contribution in [2.24, 2.45) is 0 Å². The number of nitrogens with one attached hydrogen (secondary N) is 1. The van der Waals surface area contributed by atoms with Gasteiger partial charge in [-0.05, 0) is 48.9 Å². The normalized spacial score (nSPS) is 12.7. The first-order valence-corrected chi connectivity index (χ1v) is 12.4. The third-order valence-corrected chi connectivity index (χ3v) is 7.69. The number of fused-ring (bicyclic) bond motifs is 1. The van der Waals surface area contributed by atoms with Crippen LogP contribution in [-0.2, 0) is 14.8 Å². The maximum atomic E-state index is 12.7. The molecule has 1 amide bonds. The Bertz CT molecular complexity index is 1240. The minimum absolute atomic E-state index is 0.168. The van der Waals surface area contributed by atoms with Gasteiger partial charge in [-0.3, -0.25) is 4.79 Å². The molecule has 1 aromatic heterocycles. The van der Waals surface area contributed by atoms with Crippen molar-refractivity contribution < 1.29 is 27.4 Å². The van der Waals surface area contributed by atoms with Gasteiger partial charge in [0.05, 0.1) is 17.7 Å². The minimum Gasteiger partial charge on any atom is -0.497 e. The number of aromatic nitrogens is 1. The summed E-state index contributed by atoms with van der Waals surface area (Å²) < 4.78 is 42.3. The van der Waals surface area contributed by atoms with Crippen molar-refractivity contribution in [2.75, 3.05) is 32.8 Å². The number of benzene rings is 2. The SMILES string of the molecule is COc1ccc(S(=O)(=O)N(C)CCCC(=O)Nc2nc(-c3ccc4c(c3)OCO4)cs2)cc1. The van der Waals surface area contributed by atoms with Crippen molar-refractivity contribution in [3.8, 4) is 28.5 Å². The van der Waals surface area contributed by atoms with Crippen LogP contribution in [0.1, 0.15) is 12.8 Å². The number of sulfonamides is 1. The van der Waals surface area contributed by atoms with Crippen molar-refractivity contribution in [2.45, 2.75) is 17.7 Å². The molecule has 0 radical (unpaired) electrons. The van der Waals surface area contributed by atoms with Crippen molar-refractivity contribution in [1.82, 2.24) is 9.29 Å². The highest BCUT2D eigenvalue weighted by Gasteiger charge is 2.21. The highest BCUT2D eigenvalue weighted by molar-refractivity contribution is 7.89. The molecule has 0 fully saturated rings. The summed E-state index contributed by atoms with van der Waals surface area (Å²) in [5.74, 6) is 1.72. The van der Waals surface area contributed by atoms with Gasteiger partial charge < -0.3 is 19.5 Å². The van der Waals surface area contributed by atoms with Crippen LogP contribution in [0.15, 0.2) is 52.7 Å². The van der Waals surface area contributed by atoms with Gasteiger partial charge in [-0.15, -0.1) is 11.3 Å². The van der Waals surface area contributed by atoms with Crippen LogP contribution in [0.5, 0.6) is 17.2 Å². The number of nitrogens with zero attached hydrogens (tertiary/aromatic N) is 2. The molecule has 2 heterocycles. The van der Waals surface area contributed by atoms with Crippen LogP contribution in [0, 0.1) is 0 Å². The molecule has 174 valence electrons. The minimum atomic E-state index is -3.64. The average Bonchev–Trinajstić information content (AvgIpc) is 3.48. The number of carbonyl (C=O) groups excluding carboxylic acids is 1. The summed E-state index contributed by atoms with van der Waals surface area (Å²) in [5, 5.41) is 5.10. The van der Waals surface area contributed by atoms with Crippen LogP contribution >= 0.6 is 11.3 Å². The van der Waals surface area contributed by atoms with E-state index in [4.69, 9.17) is 14.2 Å². The van der Waals surface area contributed by atoms with E-state index in [2.05, 4.69) is 10.3 Å². The fourth-order valence-electron chi connectivity index (χ4n) is 3.21. The summed E-state index contributed by atoms with van der Waals surface area (Å²) >= 11 is 1.32. The third kappa shape index (κ3) is 5.27. The molecule has 1 aliphatic rings. The highest BCUT2D eigenvalue weighted by Crippen LogP contribution is 2.36. The smallest absolute Gasteiger partial charge is 0.242 e. The molecule has 0 atom stereocenters. The van der Waals surface area contributed by atoms with E-state index in [0.29, 0.717) is 28.8 Å². The molecule has 0 saturated heterocycles. The van der Waals surface area contributed by atoms with Crippen LogP contribution in [0.4, 0.5) is 5.13 Å². The number of hydrogen-bond donors (Lipinski definition) is 1. The number of carbonyl (C=O) groups is 1. The molecule has 4 rings (SSSR count). The number of thiazole rings is 1. The van der Waals surface area contributed by atoms with E-state index in [1.165, 1.54) is 41.9 Å². The fourth-order valence-corrected chi connectivity index (χ4v) is 5.16. The number of rotatable bonds is 9. The second kappa shape index (κ2) is 9.77. The molecular formula is C22H23N3O6S2. The molecule has 3 aromatic rings. The second-order valence-corrected chi connectivity index (χ2v) is 10.2. The van der Waals surface area contributed by atoms with Gasteiger partial charge in [0.15, 0.2) is 16.6 Å². The standard InChI is InChI=1S/C22H23N3O6S2/c1-25(33(27,28)17-8-6-16(29-2)7-9-17)11-3-4-21(26)24-22-23-18(13-32-22)15-5-10-19-20(12-15)31-14-30-19/h5-10,12-13H,3-4,11,14H2,1-2H3,(H,23,24,26). The van der Waals surface area contributed by atoms with Crippen molar-refractivity contribution in [3.63, 3.8) is 0 Å². The van der Waals surface area contributed by atoms with Gasteiger partial charge in [0, 0.05) is 31.0 Å². The van der Waals surface area contributed by atoms with Crippen LogP contribution in [0.2, 0.25) is 0 Å². The largest absolute Gasteiger partial charge is 0.497 e. The fraction of sp³-hybridized carbons (Fsp3) is 0.273. The summed E-state index contributed by atoms with van der Waals surface area (Å²) in [6, 6.07) is 11.7. The lowest BCUT2D eigenvalue weighted by Crippen LogP contribution is -2.28. The topological polar surface area (TPSA) is 107 Å². The van der Waals surface area contributed by atoms with E-state index in [0.717, 1.165) is 11.3 Å². The predicted octanol–water partition coefficient (Wildman–Crippen LogP) is 3.59. The number of hydrogen-bond acceptors (Lipinski definition) is 8. The Hall–Kier alpha value is -3.15. The zero-order chi connectivity index (χ0) is 23.4. The lowest BCUT2D eigenvalue weighted by molar-refractivity contribution is -0.116. The summed E-state index contributed by atoms with van der Waals surface area (Å²) in [6.07, 6.45) is 0.541. The second-order valence-electron chi connectivity index (χ2n) is 7.26. The first-order valence-electron chi connectivity index (χ1n) is 10.1. The molecule has 1 N–H and O–H groups in total. The number of methoxy groups -OCH3 is 1. The number of ether oxygens (including phenoxy) is 3. The number of amides is 1. The Morgan fingerprint density at radius 2 is 1.94 bits per heavy atom. The van der Waals surface area contributed by atoms with E-state index in [1.54, 1.807) is 12.1 Å². The first-order chi connectivity index (χ1) is 15.9. The Morgan fingerprint density at radius 3 is 2.70 bits per heavy atom. The number of anilines is 1. The summed E-state index contributed by atoms with van der Waals surface area (Å²) in [5.41, 5.74) is 1.58. The van der Waals surface area contributed by atoms with Crippen LogP contribution in [-0.4, -0.2) is 51.1 Å². The maximum Gasteiger partial charge on any atom is 0.242 e. The maximum absolute atomic E-state index is 12.7. The lowest BCUT2D eigenvalue weighted by atomic mass is 10.1. The molecule has 2 aromatic carbocycles. The van der Waals surface area contributed by atoms with Gasteiger partial charge in [-0.2, -0.15) is 0 Å². The Labute approximate surface area is 196 Å². The van der Waals surface area contributed by atoms with Crippen molar-refractivity contribution >= 4 is 32.4 Å². The average molecular weight is 490 g/mol. The summed E-state index contributed by atoms with van der Waals surface area (Å²) in [4.78, 5) is 17.0. The molecule has 0 bridgehead atoms. The molecule has 1 aliphatic heterocycles. The van der Waals surface area contributed by atoms with E-state index in [-0.39, 0.29) is 30.6 Å². The van der Waals surface area contributed by atoms with E-state index < -0.39 is 10.0 Å². The van der Waals surface area contributed by atoms with Crippen LogP contribution in [0.3, 0.4) is 0 Å². The van der Waals surface area contributed by atoms with Crippen molar-refractivity contribution in [3.05, 3.63) is 47.8 Å². The Balaban J connectivity index is 1.28. The highest BCUT2D eigenvalue weighted by atomic mass is 32.2. The third-order valence-electron chi connectivity index (χ3n) is 5.06. The molecular weight excluding hydrogens is 466 g/mol. The molecule has 33 heavy (non-hydrogen) atoms. The zero-order valence-electron chi connectivity index (χ0n) is 18.1. The molecule has 9 nitrogen and oxygen atoms in total. The van der Waals surface area contributed by atoms with E-state index in [9.17, 15) is 13.2 Å². The molecule has 0 saturated carbocycles. The zero-order valence-corrected chi connectivity index (χ0v) is 19.7. The van der Waals surface area contributed by atoms with Gasteiger partial charge in [0.2, 0.25) is 22.7 Å². The van der Waals surface area contributed by atoms with Gasteiger partial charge in [-0.25, -0.2) is 17.7 Å². The first kappa shape index (κ1) is 23.0. The molecule has 11 heteroatoms. The molecule has 0 aliphatic carbocycles. The lowest BCUT2D eigenvalue weighted by Gasteiger charge is -2.17.